The van der Waals surface area contributed by atoms with Crippen LogP contribution in [0.3, 0.4) is 0 Å². The van der Waals surface area contributed by atoms with Crippen LogP contribution >= 0.6 is 0 Å². The second-order valence-corrected chi connectivity index (χ2v) is 5.75. The molecule has 0 saturated carbocycles. The number of alkyl halides is 2. The molecule has 0 atom stereocenters. The van der Waals surface area contributed by atoms with Gasteiger partial charge in [-0.05, 0) is 12.1 Å². The number of carbonyl (C=O) groups is 1. The van der Waals surface area contributed by atoms with Crippen molar-refractivity contribution in [2.45, 2.75) is 19.4 Å². The fourth-order valence-electron chi connectivity index (χ4n) is 2.97. The predicted molar refractivity (Wildman–Crippen MR) is 83.8 cm³/mol. The summed E-state index contributed by atoms with van der Waals surface area (Å²) in [6.45, 7) is 0.592. The van der Waals surface area contributed by atoms with Crippen LogP contribution in [0.5, 0.6) is 0 Å². The summed E-state index contributed by atoms with van der Waals surface area (Å²) >= 11 is 0. The molecule has 1 aromatic carbocycles. The van der Waals surface area contributed by atoms with Crippen LogP contribution in [0.2, 0.25) is 0 Å². The van der Waals surface area contributed by atoms with Gasteiger partial charge in [0.25, 0.3) is 12.3 Å². The molecule has 128 valence electrons. The Balaban J connectivity index is 1.54. The van der Waals surface area contributed by atoms with E-state index in [0.717, 1.165) is 5.56 Å². The number of amides is 1. The Morgan fingerprint density at radius 2 is 2.00 bits per heavy atom. The largest absolute Gasteiger partial charge is 0.334 e. The molecule has 1 amide bonds. The van der Waals surface area contributed by atoms with E-state index in [2.05, 4.69) is 25.4 Å². The molecule has 0 bridgehead atoms. The molecule has 0 radical (unpaired) electrons. The van der Waals surface area contributed by atoms with Crippen molar-refractivity contribution in [2.24, 2.45) is 0 Å². The van der Waals surface area contributed by atoms with Crippen LogP contribution in [-0.4, -0.2) is 42.7 Å². The lowest BCUT2D eigenvalue weighted by atomic mass is 10.0. The first kappa shape index (κ1) is 15.4. The quantitative estimate of drug-likeness (QED) is 0.763. The maximum atomic E-state index is 13.0. The van der Waals surface area contributed by atoms with Gasteiger partial charge >= 0.3 is 0 Å². The molecule has 1 aliphatic heterocycles. The van der Waals surface area contributed by atoms with Gasteiger partial charge in [-0.25, -0.2) is 13.8 Å². The molecule has 7 nitrogen and oxygen atoms in total. The zero-order chi connectivity index (χ0) is 17.4. The van der Waals surface area contributed by atoms with Crippen LogP contribution in [0.4, 0.5) is 8.78 Å². The van der Waals surface area contributed by atoms with Crippen LogP contribution in [-0.2, 0) is 13.0 Å². The molecular formula is C16H14F2N6O. The molecule has 0 unspecified atom stereocenters. The summed E-state index contributed by atoms with van der Waals surface area (Å²) in [5.74, 6) is 0.415. The van der Waals surface area contributed by atoms with Gasteiger partial charge in [0.05, 0.1) is 0 Å². The summed E-state index contributed by atoms with van der Waals surface area (Å²) < 4.78 is 26.0. The Bertz CT molecular complexity index is 888. The number of H-pyrrole nitrogens is 2. The highest BCUT2D eigenvalue weighted by atomic mass is 19.3. The summed E-state index contributed by atoms with van der Waals surface area (Å²) in [6.07, 6.45) is -0.765. The van der Waals surface area contributed by atoms with E-state index >= 15 is 0 Å². The number of nitrogens with zero attached hydrogens (tertiary/aromatic N) is 4. The second kappa shape index (κ2) is 6.08. The van der Waals surface area contributed by atoms with Gasteiger partial charge in [0.15, 0.2) is 5.82 Å². The van der Waals surface area contributed by atoms with Gasteiger partial charge < -0.3 is 4.90 Å². The minimum absolute atomic E-state index is 0.133. The van der Waals surface area contributed by atoms with Gasteiger partial charge in [0.2, 0.25) is 0 Å². The smallest absolute Gasteiger partial charge is 0.282 e. The van der Waals surface area contributed by atoms with Gasteiger partial charge in [0, 0.05) is 41.9 Å². The number of rotatable bonds is 3. The van der Waals surface area contributed by atoms with Gasteiger partial charge in [-0.3, -0.25) is 15.0 Å². The number of nitrogens with one attached hydrogen (secondary N) is 2. The van der Waals surface area contributed by atoms with E-state index < -0.39 is 6.43 Å². The van der Waals surface area contributed by atoms with E-state index in [9.17, 15) is 13.6 Å². The number of halogens is 2. The van der Waals surface area contributed by atoms with Gasteiger partial charge in [-0.15, -0.1) is 0 Å². The van der Waals surface area contributed by atoms with Crippen LogP contribution in [0.25, 0.3) is 11.4 Å². The molecule has 2 N–H and O–H groups in total. The predicted octanol–water partition coefficient (Wildman–Crippen LogP) is 2.33. The lowest BCUT2D eigenvalue weighted by Gasteiger charge is -2.27. The van der Waals surface area contributed by atoms with Crippen molar-refractivity contribution in [1.29, 1.82) is 0 Å². The Hall–Kier alpha value is -3.10. The summed E-state index contributed by atoms with van der Waals surface area (Å²) in [6, 6.07) is 6.93. The molecule has 3 aromatic rings. The first-order valence-electron chi connectivity index (χ1n) is 7.72. The number of benzene rings is 1. The van der Waals surface area contributed by atoms with Gasteiger partial charge in [0.1, 0.15) is 12.0 Å². The van der Waals surface area contributed by atoms with Crippen LogP contribution in [0.15, 0.2) is 30.6 Å². The van der Waals surface area contributed by atoms with E-state index in [1.165, 1.54) is 6.33 Å². The van der Waals surface area contributed by atoms with E-state index in [4.69, 9.17) is 0 Å². The molecule has 3 heterocycles. The molecule has 1 aliphatic rings. The summed E-state index contributed by atoms with van der Waals surface area (Å²) in [7, 11) is 0. The maximum absolute atomic E-state index is 13.0. The lowest BCUT2D eigenvalue weighted by molar-refractivity contribution is 0.0729. The highest BCUT2D eigenvalue weighted by molar-refractivity contribution is 5.94. The van der Waals surface area contributed by atoms with Gasteiger partial charge in [-0.2, -0.15) is 10.2 Å². The molecule has 9 heteroatoms. The molecular weight excluding hydrogens is 330 g/mol. The summed E-state index contributed by atoms with van der Waals surface area (Å²) in [5, 5.41) is 12.9. The van der Waals surface area contributed by atoms with Crippen LogP contribution in [0.1, 0.15) is 33.7 Å². The first-order chi connectivity index (χ1) is 12.1. The molecule has 0 spiro atoms. The lowest BCUT2D eigenvalue weighted by Crippen LogP contribution is -2.36. The normalized spacial score (nSPS) is 14.0. The average molecular weight is 344 g/mol. The minimum atomic E-state index is -2.66. The van der Waals surface area contributed by atoms with Crippen molar-refractivity contribution in [3.63, 3.8) is 0 Å². The zero-order valence-electron chi connectivity index (χ0n) is 13.0. The van der Waals surface area contributed by atoms with E-state index in [-0.39, 0.29) is 18.1 Å². The van der Waals surface area contributed by atoms with Crippen LogP contribution < -0.4 is 0 Å². The Kier molecular flexibility index (Phi) is 3.75. The third-order valence-corrected chi connectivity index (χ3v) is 4.28. The zero-order valence-corrected chi connectivity index (χ0v) is 13.0. The monoisotopic (exact) mass is 344 g/mol. The number of hydrogen-bond acceptors (Lipinski definition) is 4. The molecule has 4 rings (SSSR count). The Labute approximate surface area is 141 Å². The third-order valence-electron chi connectivity index (χ3n) is 4.28. The van der Waals surface area contributed by atoms with E-state index in [1.54, 1.807) is 29.2 Å². The highest BCUT2D eigenvalue weighted by Gasteiger charge is 2.28. The second-order valence-electron chi connectivity index (χ2n) is 5.75. The molecule has 2 aromatic heterocycles. The van der Waals surface area contributed by atoms with Crippen LogP contribution in [0, 0.1) is 0 Å². The number of aromatic nitrogens is 5. The van der Waals surface area contributed by atoms with Crippen molar-refractivity contribution in [2.75, 3.05) is 6.54 Å². The topological polar surface area (TPSA) is 90.6 Å². The van der Waals surface area contributed by atoms with E-state index in [0.29, 0.717) is 35.6 Å². The fourth-order valence-corrected chi connectivity index (χ4v) is 2.97. The summed E-state index contributed by atoms with van der Waals surface area (Å²) in [5.41, 5.74) is 2.14. The van der Waals surface area contributed by atoms with Crippen molar-refractivity contribution >= 4 is 5.91 Å². The number of hydrogen-bond donors (Lipinski definition) is 2. The molecule has 0 aliphatic carbocycles. The summed E-state index contributed by atoms with van der Waals surface area (Å²) in [4.78, 5) is 18.3. The Morgan fingerprint density at radius 1 is 1.20 bits per heavy atom. The minimum Gasteiger partial charge on any atom is -0.334 e. The van der Waals surface area contributed by atoms with Gasteiger partial charge in [-0.1, -0.05) is 12.1 Å². The van der Waals surface area contributed by atoms with E-state index in [1.807, 2.05) is 0 Å². The molecule has 0 saturated heterocycles. The van der Waals surface area contributed by atoms with Crippen molar-refractivity contribution in [3.8, 4) is 11.4 Å². The molecule has 25 heavy (non-hydrogen) atoms. The molecule has 0 fully saturated rings. The fraction of sp³-hybridized carbons (Fsp3) is 0.250. The Morgan fingerprint density at radius 3 is 2.68 bits per heavy atom. The highest BCUT2D eigenvalue weighted by Crippen LogP contribution is 2.28. The average Bonchev–Trinajstić information content (AvgIpc) is 3.30. The number of fused-ring (bicyclic) bond motifs is 1. The first-order valence-corrected chi connectivity index (χ1v) is 7.72. The number of aromatic amines is 2. The maximum Gasteiger partial charge on any atom is 0.282 e. The number of carbonyl (C=O) groups excluding carboxylic acids is 1. The van der Waals surface area contributed by atoms with Crippen molar-refractivity contribution in [3.05, 3.63) is 53.1 Å². The van der Waals surface area contributed by atoms with Crippen molar-refractivity contribution in [1.82, 2.24) is 30.3 Å². The SMILES string of the molecule is O=C(c1ccc(-c2ncn[nH]2)cc1)N1CCc2[nH]nc(C(F)F)c2C1. The van der Waals surface area contributed by atoms with Crippen molar-refractivity contribution < 1.29 is 13.6 Å². The standard InChI is InChI=1S/C16H14F2N6O/c17-14(18)13-11-7-24(6-5-12(11)21-22-13)16(25)10-3-1-9(2-4-10)15-19-8-20-23-15/h1-4,8,14H,5-7H2,(H,21,22)(H,19,20,23). The third kappa shape index (κ3) is 2.77.